The molecule has 0 unspecified atom stereocenters. The average molecular weight is 277 g/mol. The monoisotopic (exact) mass is 277 g/mol. The lowest BCUT2D eigenvalue weighted by atomic mass is 10.2. The topological polar surface area (TPSA) is 106 Å². The molecule has 2 aromatic rings. The van der Waals surface area contributed by atoms with Crippen LogP contribution in [0.25, 0.3) is 0 Å². The van der Waals surface area contributed by atoms with E-state index >= 15 is 0 Å². The van der Waals surface area contributed by atoms with Gasteiger partial charge in [0.25, 0.3) is 5.91 Å². The third-order valence-electron chi connectivity index (χ3n) is 2.67. The molecule has 2 rings (SSSR count). The molecule has 1 aromatic carbocycles. The molecular formula is C12H12FN5O2. The minimum absolute atomic E-state index is 0.00862. The van der Waals surface area contributed by atoms with Crippen LogP contribution in [0, 0.1) is 5.82 Å². The Hall–Kier alpha value is -2.90. The van der Waals surface area contributed by atoms with E-state index in [0.717, 1.165) is 6.07 Å². The molecule has 1 aromatic heterocycles. The van der Waals surface area contributed by atoms with Crippen LogP contribution in [0.5, 0.6) is 0 Å². The zero-order chi connectivity index (χ0) is 14.7. The number of halogens is 1. The minimum Gasteiger partial charge on any atom is -0.409 e. The quantitative estimate of drug-likeness (QED) is 0.335. The summed E-state index contributed by atoms with van der Waals surface area (Å²) >= 11 is 0. The van der Waals surface area contributed by atoms with Crippen LogP contribution in [0.3, 0.4) is 0 Å². The lowest BCUT2D eigenvalue weighted by molar-refractivity contribution is 0.101. The second kappa shape index (κ2) is 5.39. The van der Waals surface area contributed by atoms with Crippen LogP contribution in [-0.2, 0) is 7.05 Å². The molecule has 4 N–H and O–H groups in total. The Morgan fingerprint density at radius 1 is 1.55 bits per heavy atom. The molecule has 7 nitrogen and oxygen atoms in total. The molecule has 0 bridgehead atoms. The summed E-state index contributed by atoms with van der Waals surface area (Å²) in [4.78, 5) is 15.7. The summed E-state index contributed by atoms with van der Waals surface area (Å²) in [6.07, 6.45) is 2.84. The van der Waals surface area contributed by atoms with Crippen LogP contribution in [0.1, 0.15) is 16.1 Å². The first-order chi connectivity index (χ1) is 9.52. The molecule has 20 heavy (non-hydrogen) atoms. The summed E-state index contributed by atoms with van der Waals surface area (Å²) in [5, 5.41) is 13.7. The summed E-state index contributed by atoms with van der Waals surface area (Å²) in [5.41, 5.74) is 5.85. The number of oxime groups is 1. The first-order valence-electron chi connectivity index (χ1n) is 5.58. The van der Waals surface area contributed by atoms with Crippen LogP contribution < -0.4 is 11.1 Å². The maximum absolute atomic E-state index is 13.8. The molecular weight excluding hydrogens is 265 g/mol. The molecule has 1 heterocycles. The Morgan fingerprint density at radius 3 is 2.85 bits per heavy atom. The predicted octanol–water partition coefficient (Wildman–Crippen LogP) is 0.906. The fourth-order valence-electron chi connectivity index (χ4n) is 1.60. The van der Waals surface area contributed by atoms with Crippen LogP contribution in [0.2, 0.25) is 0 Å². The Bertz CT molecular complexity index is 680. The zero-order valence-corrected chi connectivity index (χ0v) is 10.5. The highest BCUT2D eigenvalue weighted by Gasteiger charge is 2.13. The van der Waals surface area contributed by atoms with Gasteiger partial charge in [-0.25, -0.2) is 9.37 Å². The van der Waals surface area contributed by atoms with Gasteiger partial charge in [-0.05, 0) is 18.2 Å². The number of amides is 1. The average Bonchev–Trinajstić information content (AvgIpc) is 2.86. The Morgan fingerprint density at radius 2 is 2.30 bits per heavy atom. The van der Waals surface area contributed by atoms with E-state index in [0.29, 0.717) is 5.69 Å². The molecule has 0 saturated heterocycles. The second-order valence-electron chi connectivity index (χ2n) is 4.02. The van der Waals surface area contributed by atoms with Crippen molar-refractivity contribution >= 4 is 17.4 Å². The SMILES string of the molecule is Cn1cncc1C(=O)Nc1ccc(/C(N)=N/O)cc1F. The number of anilines is 1. The van der Waals surface area contributed by atoms with Gasteiger partial charge in [-0.3, -0.25) is 4.79 Å². The number of hydrogen-bond acceptors (Lipinski definition) is 4. The standard InChI is InChI=1S/C12H12FN5O2/c1-18-6-15-5-10(18)12(19)16-9-3-2-7(4-8(9)13)11(14)17-20/h2-6,20H,1H3,(H2,14,17)(H,16,19). The van der Waals surface area contributed by atoms with Crippen LogP contribution in [0.15, 0.2) is 35.9 Å². The molecule has 0 aliphatic carbocycles. The number of imidazole rings is 1. The van der Waals surface area contributed by atoms with Crippen molar-refractivity contribution in [3.8, 4) is 0 Å². The highest BCUT2D eigenvalue weighted by molar-refractivity contribution is 6.03. The summed E-state index contributed by atoms with van der Waals surface area (Å²) in [6.45, 7) is 0. The molecule has 104 valence electrons. The molecule has 0 fully saturated rings. The third-order valence-corrected chi connectivity index (χ3v) is 2.67. The van der Waals surface area contributed by atoms with Crippen LogP contribution >= 0.6 is 0 Å². The van der Waals surface area contributed by atoms with E-state index in [-0.39, 0.29) is 17.1 Å². The van der Waals surface area contributed by atoms with Gasteiger partial charge >= 0.3 is 0 Å². The number of nitrogens with zero attached hydrogens (tertiary/aromatic N) is 3. The van der Waals surface area contributed by atoms with E-state index in [2.05, 4.69) is 15.5 Å². The van der Waals surface area contributed by atoms with Gasteiger partial charge in [-0.15, -0.1) is 0 Å². The van der Waals surface area contributed by atoms with E-state index in [4.69, 9.17) is 10.9 Å². The molecule has 1 amide bonds. The van der Waals surface area contributed by atoms with Crippen molar-refractivity contribution in [3.63, 3.8) is 0 Å². The molecule has 8 heteroatoms. The van der Waals surface area contributed by atoms with Crippen molar-refractivity contribution < 1.29 is 14.4 Å². The second-order valence-corrected chi connectivity index (χ2v) is 4.02. The summed E-state index contributed by atoms with van der Waals surface area (Å²) in [5.74, 6) is -1.39. The number of carbonyl (C=O) groups excluding carboxylic acids is 1. The first-order valence-corrected chi connectivity index (χ1v) is 5.58. The lowest BCUT2D eigenvalue weighted by Gasteiger charge is -2.08. The molecule has 0 spiro atoms. The maximum Gasteiger partial charge on any atom is 0.274 e. The first kappa shape index (κ1) is 13.5. The van der Waals surface area contributed by atoms with Gasteiger partial charge in [-0.2, -0.15) is 0 Å². The molecule has 0 atom stereocenters. The molecule has 0 saturated carbocycles. The van der Waals surface area contributed by atoms with E-state index < -0.39 is 11.7 Å². The number of benzene rings is 1. The number of nitrogens with two attached hydrogens (primary N) is 1. The smallest absolute Gasteiger partial charge is 0.274 e. The fourth-order valence-corrected chi connectivity index (χ4v) is 1.60. The number of aryl methyl sites for hydroxylation is 1. The Kier molecular flexibility index (Phi) is 3.65. The van der Waals surface area contributed by atoms with Crippen LogP contribution in [-0.4, -0.2) is 26.5 Å². The van der Waals surface area contributed by atoms with Gasteiger partial charge in [0.1, 0.15) is 11.5 Å². The van der Waals surface area contributed by atoms with E-state index in [1.165, 1.54) is 29.2 Å². The zero-order valence-electron chi connectivity index (χ0n) is 10.5. The van der Waals surface area contributed by atoms with Gasteiger partial charge in [-0.1, -0.05) is 5.16 Å². The summed E-state index contributed by atoms with van der Waals surface area (Å²) in [7, 11) is 1.65. The number of aromatic nitrogens is 2. The normalized spacial score (nSPS) is 11.4. The van der Waals surface area contributed by atoms with Gasteiger partial charge in [0.2, 0.25) is 0 Å². The van der Waals surface area contributed by atoms with Gasteiger partial charge in [0, 0.05) is 12.6 Å². The van der Waals surface area contributed by atoms with Crippen molar-refractivity contribution in [1.82, 2.24) is 9.55 Å². The van der Waals surface area contributed by atoms with Gasteiger partial charge < -0.3 is 20.8 Å². The number of rotatable bonds is 3. The minimum atomic E-state index is -0.690. The van der Waals surface area contributed by atoms with Crippen molar-refractivity contribution in [3.05, 3.63) is 47.8 Å². The van der Waals surface area contributed by atoms with Gasteiger partial charge in [0.15, 0.2) is 5.84 Å². The van der Waals surface area contributed by atoms with Crippen molar-refractivity contribution in [2.24, 2.45) is 17.9 Å². The summed E-state index contributed by atoms with van der Waals surface area (Å²) < 4.78 is 15.3. The molecule has 0 aliphatic heterocycles. The molecule has 0 radical (unpaired) electrons. The van der Waals surface area contributed by atoms with Gasteiger partial charge in [0.05, 0.1) is 18.2 Å². The number of nitrogens with one attached hydrogen (secondary N) is 1. The number of carbonyl (C=O) groups is 1. The van der Waals surface area contributed by atoms with Crippen molar-refractivity contribution in [2.75, 3.05) is 5.32 Å². The van der Waals surface area contributed by atoms with E-state index in [1.807, 2.05) is 0 Å². The third kappa shape index (κ3) is 2.58. The number of hydrogen-bond donors (Lipinski definition) is 3. The number of amidine groups is 1. The predicted molar refractivity (Wildman–Crippen MR) is 70.1 cm³/mol. The van der Waals surface area contributed by atoms with Crippen LogP contribution in [0.4, 0.5) is 10.1 Å². The highest BCUT2D eigenvalue weighted by atomic mass is 19.1. The largest absolute Gasteiger partial charge is 0.409 e. The maximum atomic E-state index is 13.8. The fraction of sp³-hybridized carbons (Fsp3) is 0.0833. The highest BCUT2D eigenvalue weighted by Crippen LogP contribution is 2.16. The van der Waals surface area contributed by atoms with Crippen molar-refractivity contribution in [1.29, 1.82) is 0 Å². The Balaban J connectivity index is 2.23. The lowest BCUT2D eigenvalue weighted by Crippen LogP contribution is -2.17. The summed E-state index contributed by atoms with van der Waals surface area (Å²) in [6, 6.07) is 3.82. The van der Waals surface area contributed by atoms with Crippen molar-refractivity contribution in [2.45, 2.75) is 0 Å². The van der Waals surface area contributed by atoms with E-state index in [9.17, 15) is 9.18 Å². The Labute approximate surface area is 113 Å². The van der Waals surface area contributed by atoms with E-state index in [1.54, 1.807) is 7.05 Å². The molecule has 0 aliphatic rings.